The van der Waals surface area contributed by atoms with E-state index in [1.54, 1.807) is 6.92 Å². The summed E-state index contributed by atoms with van der Waals surface area (Å²) in [7, 11) is -3.69. The Labute approximate surface area is 105 Å². The highest BCUT2D eigenvalue weighted by molar-refractivity contribution is 7.90. The summed E-state index contributed by atoms with van der Waals surface area (Å²) >= 11 is 0. The molecule has 0 saturated carbocycles. The summed E-state index contributed by atoms with van der Waals surface area (Å²) in [6.45, 7) is 1.40. The predicted octanol–water partition coefficient (Wildman–Crippen LogP) is 0.791. The van der Waals surface area contributed by atoms with Gasteiger partial charge in [-0.25, -0.2) is 8.42 Å². The van der Waals surface area contributed by atoms with Gasteiger partial charge in [0, 0.05) is 12.3 Å². The van der Waals surface area contributed by atoms with Crippen LogP contribution in [0.15, 0.2) is 23.1 Å². The van der Waals surface area contributed by atoms with Crippen molar-refractivity contribution in [3.05, 3.63) is 28.3 Å². The van der Waals surface area contributed by atoms with E-state index in [1.807, 2.05) is 0 Å². The number of aliphatic hydroxyl groups is 1. The largest absolute Gasteiger partial charge is 0.394 e. The minimum Gasteiger partial charge on any atom is -0.394 e. The van der Waals surface area contributed by atoms with E-state index in [0.29, 0.717) is 0 Å². The molecular formula is C10H14N2O5S. The van der Waals surface area contributed by atoms with E-state index < -0.39 is 26.5 Å². The number of nitro benzene ring substituents is 1. The number of anilines is 1. The first-order valence-corrected chi connectivity index (χ1v) is 7.01. The molecule has 0 aromatic heterocycles. The van der Waals surface area contributed by atoms with Gasteiger partial charge in [-0.1, -0.05) is 6.07 Å². The second-order valence-electron chi connectivity index (χ2n) is 3.91. The zero-order valence-electron chi connectivity index (χ0n) is 9.95. The van der Waals surface area contributed by atoms with E-state index in [1.165, 1.54) is 18.2 Å². The lowest BCUT2D eigenvalue weighted by atomic mass is 10.2. The summed E-state index contributed by atoms with van der Waals surface area (Å²) in [6, 6.07) is 3.58. The number of nitrogens with zero attached hydrogens (tertiary/aromatic N) is 1. The summed E-state index contributed by atoms with van der Waals surface area (Å²) in [4.78, 5) is 9.91. The molecule has 0 heterocycles. The second-order valence-corrected chi connectivity index (χ2v) is 5.89. The third kappa shape index (κ3) is 3.17. The van der Waals surface area contributed by atoms with Gasteiger partial charge in [0.05, 0.1) is 11.5 Å². The highest BCUT2D eigenvalue weighted by Gasteiger charge is 2.26. The molecule has 8 heteroatoms. The van der Waals surface area contributed by atoms with Crippen LogP contribution in [-0.2, 0) is 9.84 Å². The SMILES string of the molecule is C[C@@H](CO)Nc1cccc(S(C)(=O)=O)c1[N+](=O)[O-]. The molecule has 18 heavy (non-hydrogen) atoms. The van der Waals surface area contributed by atoms with Gasteiger partial charge in [-0.3, -0.25) is 10.1 Å². The van der Waals surface area contributed by atoms with Crippen LogP contribution in [0.1, 0.15) is 6.92 Å². The molecule has 2 N–H and O–H groups in total. The van der Waals surface area contributed by atoms with Gasteiger partial charge >= 0.3 is 5.69 Å². The van der Waals surface area contributed by atoms with Crippen molar-refractivity contribution in [1.29, 1.82) is 0 Å². The number of hydrogen-bond donors (Lipinski definition) is 2. The number of rotatable bonds is 5. The summed E-state index contributed by atoms with van der Waals surface area (Å²) in [5.74, 6) is 0. The normalized spacial score (nSPS) is 13.1. The lowest BCUT2D eigenvalue weighted by Gasteiger charge is -2.13. The topological polar surface area (TPSA) is 110 Å². The quantitative estimate of drug-likeness (QED) is 0.607. The molecule has 0 fully saturated rings. The Morgan fingerprint density at radius 1 is 1.50 bits per heavy atom. The standard InChI is InChI=1S/C10H14N2O5S/c1-7(6-13)11-8-4-3-5-9(18(2,16)17)10(8)12(14)15/h3-5,7,11,13H,6H2,1-2H3/t7-/m0/s1. The third-order valence-corrected chi connectivity index (χ3v) is 3.39. The van der Waals surface area contributed by atoms with Gasteiger partial charge in [0.15, 0.2) is 9.84 Å². The zero-order chi connectivity index (χ0) is 13.9. The van der Waals surface area contributed by atoms with Gasteiger partial charge in [-0.2, -0.15) is 0 Å². The summed E-state index contributed by atoms with van der Waals surface area (Å²) in [5.41, 5.74) is -0.426. The van der Waals surface area contributed by atoms with Crippen LogP contribution < -0.4 is 5.32 Å². The predicted molar refractivity (Wildman–Crippen MR) is 66.4 cm³/mol. The van der Waals surface area contributed by atoms with Crippen LogP contribution in [0.25, 0.3) is 0 Å². The van der Waals surface area contributed by atoms with Crippen molar-refractivity contribution in [2.75, 3.05) is 18.2 Å². The van der Waals surface area contributed by atoms with Gasteiger partial charge in [0.2, 0.25) is 0 Å². The highest BCUT2D eigenvalue weighted by atomic mass is 32.2. The van der Waals surface area contributed by atoms with Gasteiger partial charge in [0.25, 0.3) is 0 Å². The molecular weight excluding hydrogens is 260 g/mol. The van der Waals surface area contributed by atoms with E-state index in [-0.39, 0.29) is 17.2 Å². The fraction of sp³-hybridized carbons (Fsp3) is 0.400. The second kappa shape index (κ2) is 5.32. The van der Waals surface area contributed by atoms with Crippen LogP contribution in [0.3, 0.4) is 0 Å². The maximum absolute atomic E-state index is 11.5. The van der Waals surface area contributed by atoms with Crippen LogP contribution in [0.4, 0.5) is 11.4 Å². The van der Waals surface area contributed by atoms with Crippen molar-refractivity contribution in [3.8, 4) is 0 Å². The molecule has 100 valence electrons. The molecule has 1 aromatic rings. The summed E-state index contributed by atoms with van der Waals surface area (Å²) in [6.07, 6.45) is 0.911. The molecule has 1 atom stereocenters. The molecule has 0 saturated heterocycles. The summed E-state index contributed by atoms with van der Waals surface area (Å²) in [5, 5.41) is 22.6. The van der Waals surface area contributed by atoms with Crippen molar-refractivity contribution in [2.24, 2.45) is 0 Å². The molecule has 0 aliphatic rings. The van der Waals surface area contributed by atoms with Crippen LogP contribution in [0.5, 0.6) is 0 Å². The Kier molecular flexibility index (Phi) is 4.25. The third-order valence-electron chi connectivity index (χ3n) is 2.26. The number of nitro groups is 1. The molecule has 0 bridgehead atoms. The maximum atomic E-state index is 11.5. The van der Waals surface area contributed by atoms with Gasteiger partial charge in [-0.15, -0.1) is 0 Å². The number of hydrogen-bond acceptors (Lipinski definition) is 6. The molecule has 0 aliphatic heterocycles. The van der Waals surface area contributed by atoms with E-state index in [0.717, 1.165) is 6.26 Å². The molecule has 1 rings (SSSR count). The van der Waals surface area contributed by atoms with Crippen molar-refractivity contribution >= 4 is 21.2 Å². The fourth-order valence-electron chi connectivity index (χ4n) is 1.44. The highest BCUT2D eigenvalue weighted by Crippen LogP contribution is 2.32. The van der Waals surface area contributed by atoms with Crippen molar-refractivity contribution in [2.45, 2.75) is 17.9 Å². The lowest BCUT2D eigenvalue weighted by Crippen LogP contribution is -2.20. The number of nitrogens with one attached hydrogen (secondary N) is 1. The Hall–Kier alpha value is -1.67. The molecule has 1 aromatic carbocycles. The average molecular weight is 274 g/mol. The molecule has 0 radical (unpaired) electrons. The van der Waals surface area contributed by atoms with Crippen LogP contribution >= 0.6 is 0 Å². The Bertz CT molecular complexity index is 555. The fourth-order valence-corrected chi connectivity index (χ4v) is 2.30. The van der Waals surface area contributed by atoms with E-state index in [4.69, 9.17) is 5.11 Å². The van der Waals surface area contributed by atoms with Crippen molar-refractivity contribution in [3.63, 3.8) is 0 Å². The average Bonchev–Trinajstić information content (AvgIpc) is 2.27. The number of benzene rings is 1. The van der Waals surface area contributed by atoms with Gasteiger partial charge < -0.3 is 10.4 Å². The maximum Gasteiger partial charge on any atom is 0.310 e. The Balaban J connectivity index is 3.40. The van der Waals surface area contributed by atoms with Crippen LogP contribution in [-0.4, -0.2) is 37.4 Å². The molecule has 0 spiro atoms. The first-order chi connectivity index (χ1) is 8.27. The number of aliphatic hydroxyl groups excluding tert-OH is 1. The van der Waals surface area contributed by atoms with E-state index >= 15 is 0 Å². The van der Waals surface area contributed by atoms with E-state index in [2.05, 4.69) is 5.32 Å². The molecule has 0 unspecified atom stereocenters. The first kappa shape index (κ1) is 14.4. The minimum absolute atomic E-state index is 0.0736. The Morgan fingerprint density at radius 2 is 2.11 bits per heavy atom. The van der Waals surface area contributed by atoms with Crippen LogP contribution in [0, 0.1) is 10.1 Å². The summed E-state index contributed by atoms with van der Waals surface area (Å²) < 4.78 is 23.0. The van der Waals surface area contributed by atoms with Gasteiger partial charge in [0.1, 0.15) is 10.6 Å². The monoisotopic (exact) mass is 274 g/mol. The van der Waals surface area contributed by atoms with Gasteiger partial charge in [-0.05, 0) is 19.1 Å². The number of para-hydroxylation sites is 1. The van der Waals surface area contributed by atoms with Crippen molar-refractivity contribution < 1.29 is 18.4 Å². The van der Waals surface area contributed by atoms with Crippen LogP contribution in [0.2, 0.25) is 0 Å². The molecule has 0 amide bonds. The zero-order valence-corrected chi connectivity index (χ0v) is 10.8. The van der Waals surface area contributed by atoms with Crippen molar-refractivity contribution in [1.82, 2.24) is 0 Å². The number of sulfone groups is 1. The molecule has 0 aliphatic carbocycles. The Morgan fingerprint density at radius 3 is 2.56 bits per heavy atom. The van der Waals surface area contributed by atoms with E-state index in [9.17, 15) is 18.5 Å². The lowest BCUT2D eigenvalue weighted by molar-refractivity contribution is -0.386. The molecule has 7 nitrogen and oxygen atoms in total. The first-order valence-electron chi connectivity index (χ1n) is 5.12. The smallest absolute Gasteiger partial charge is 0.310 e. The minimum atomic E-state index is -3.69.